The fraction of sp³-hybridized carbons (Fsp3) is 0.444. The van der Waals surface area contributed by atoms with E-state index in [1.54, 1.807) is 12.4 Å². The van der Waals surface area contributed by atoms with Crippen LogP contribution >= 0.6 is 0 Å². The molecule has 0 saturated heterocycles. The average molecular weight is 163 g/mol. The molecule has 0 bridgehead atoms. The Hall–Kier alpha value is -1.27. The molecule has 0 amide bonds. The molecule has 3 heteroatoms. The van der Waals surface area contributed by atoms with Gasteiger partial charge in [-0.3, -0.25) is 5.32 Å². The third kappa shape index (κ3) is 2.40. The molecule has 0 saturated carbocycles. The maximum absolute atomic E-state index is 5.30. The normalized spacial score (nSPS) is 11.1. The van der Waals surface area contributed by atoms with Gasteiger partial charge >= 0.3 is 0 Å². The van der Waals surface area contributed by atoms with E-state index in [4.69, 9.17) is 6.42 Å². The first-order chi connectivity index (χ1) is 5.64. The van der Waals surface area contributed by atoms with E-state index < -0.39 is 0 Å². The van der Waals surface area contributed by atoms with Crippen LogP contribution in [0.4, 0.5) is 0 Å². The zero-order valence-corrected chi connectivity index (χ0v) is 7.39. The van der Waals surface area contributed by atoms with Crippen LogP contribution in [0.3, 0.4) is 0 Å². The van der Waals surface area contributed by atoms with Gasteiger partial charge in [0.1, 0.15) is 5.82 Å². The number of terminal acetylenes is 1. The number of rotatable bonds is 3. The maximum Gasteiger partial charge on any atom is 0.120 e. The highest BCUT2D eigenvalue weighted by Crippen LogP contribution is 2.00. The lowest BCUT2D eigenvalue weighted by Crippen LogP contribution is -2.37. The van der Waals surface area contributed by atoms with Gasteiger partial charge in [-0.05, 0) is 13.8 Å². The Morgan fingerprint density at radius 2 is 2.50 bits per heavy atom. The fourth-order valence-corrected chi connectivity index (χ4v) is 0.750. The van der Waals surface area contributed by atoms with Gasteiger partial charge in [0.25, 0.3) is 0 Å². The molecular weight excluding hydrogens is 150 g/mol. The van der Waals surface area contributed by atoms with Crippen LogP contribution in [0.5, 0.6) is 0 Å². The Morgan fingerprint density at radius 1 is 1.75 bits per heavy atom. The van der Waals surface area contributed by atoms with Crippen molar-refractivity contribution in [2.45, 2.75) is 25.9 Å². The molecular formula is C9H13N3. The number of imidazole rings is 1. The molecule has 2 N–H and O–H groups in total. The highest BCUT2D eigenvalue weighted by Gasteiger charge is 2.12. The van der Waals surface area contributed by atoms with Crippen molar-refractivity contribution < 1.29 is 0 Å². The SMILES string of the molecule is C#CC(C)(C)NCc1ncc[nH]1. The number of hydrogen-bond donors (Lipinski definition) is 2. The van der Waals surface area contributed by atoms with E-state index in [2.05, 4.69) is 21.2 Å². The molecule has 3 nitrogen and oxygen atoms in total. The summed E-state index contributed by atoms with van der Waals surface area (Å²) in [5.74, 6) is 3.55. The van der Waals surface area contributed by atoms with Gasteiger partial charge in [0.15, 0.2) is 0 Å². The van der Waals surface area contributed by atoms with Gasteiger partial charge in [-0.15, -0.1) is 6.42 Å². The summed E-state index contributed by atoms with van der Waals surface area (Å²) in [6.07, 6.45) is 8.82. The van der Waals surface area contributed by atoms with Crippen molar-refractivity contribution in [2.75, 3.05) is 0 Å². The minimum Gasteiger partial charge on any atom is -0.348 e. The molecule has 0 radical (unpaired) electrons. The second-order valence-corrected chi connectivity index (χ2v) is 3.16. The maximum atomic E-state index is 5.30. The van der Waals surface area contributed by atoms with E-state index in [0.717, 1.165) is 5.82 Å². The molecule has 1 aromatic rings. The zero-order valence-electron chi connectivity index (χ0n) is 7.39. The van der Waals surface area contributed by atoms with Crippen molar-refractivity contribution in [1.82, 2.24) is 15.3 Å². The summed E-state index contributed by atoms with van der Waals surface area (Å²) in [4.78, 5) is 7.06. The Morgan fingerprint density at radius 3 is 3.00 bits per heavy atom. The second kappa shape index (κ2) is 3.42. The predicted molar refractivity (Wildman–Crippen MR) is 48.3 cm³/mol. The van der Waals surface area contributed by atoms with Crippen LogP contribution in [0.25, 0.3) is 0 Å². The van der Waals surface area contributed by atoms with E-state index in [1.165, 1.54) is 0 Å². The largest absolute Gasteiger partial charge is 0.348 e. The van der Waals surface area contributed by atoms with Gasteiger partial charge in [-0.1, -0.05) is 5.92 Å². The monoisotopic (exact) mass is 163 g/mol. The minimum absolute atomic E-state index is 0.271. The Labute approximate surface area is 72.6 Å². The smallest absolute Gasteiger partial charge is 0.120 e. The molecule has 0 aromatic carbocycles. The molecule has 0 fully saturated rings. The van der Waals surface area contributed by atoms with Gasteiger partial charge in [0.2, 0.25) is 0 Å². The van der Waals surface area contributed by atoms with Crippen LogP contribution < -0.4 is 5.32 Å². The van der Waals surface area contributed by atoms with E-state index in [0.29, 0.717) is 6.54 Å². The van der Waals surface area contributed by atoms with Crippen molar-refractivity contribution in [3.63, 3.8) is 0 Å². The number of aromatic amines is 1. The lowest BCUT2D eigenvalue weighted by atomic mass is 10.1. The Balaban J connectivity index is 2.42. The van der Waals surface area contributed by atoms with Gasteiger partial charge in [0.05, 0.1) is 12.1 Å². The van der Waals surface area contributed by atoms with E-state index in [-0.39, 0.29) is 5.54 Å². The zero-order chi connectivity index (χ0) is 9.03. The molecule has 0 aliphatic carbocycles. The Kier molecular flexibility index (Phi) is 2.51. The van der Waals surface area contributed by atoms with Gasteiger partial charge in [0, 0.05) is 12.4 Å². The van der Waals surface area contributed by atoms with Crippen LogP contribution in [0.15, 0.2) is 12.4 Å². The van der Waals surface area contributed by atoms with Crippen LogP contribution in [0, 0.1) is 12.3 Å². The molecule has 0 atom stereocenters. The van der Waals surface area contributed by atoms with Crippen LogP contribution in [0.2, 0.25) is 0 Å². The number of hydrogen-bond acceptors (Lipinski definition) is 2. The van der Waals surface area contributed by atoms with Crippen molar-refractivity contribution in [1.29, 1.82) is 0 Å². The number of H-pyrrole nitrogens is 1. The molecule has 0 aliphatic rings. The summed E-state index contributed by atoms with van der Waals surface area (Å²) in [6, 6.07) is 0. The van der Waals surface area contributed by atoms with E-state index in [9.17, 15) is 0 Å². The second-order valence-electron chi connectivity index (χ2n) is 3.16. The molecule has 12 heavy (non-hydrogen) atoms. The third-order valence-electron chi connectivity index (χ3n) is 1.61. The summed E-state index contributed by atoms with van der Waals surface area (Å²) in [5.41, 5.74) is -0.271. The summed E-state index contributed by atoms with van der Waals surface area (Å²) < 4.78 is 0. The number of aromatic nitrogens is 2. The predicted octanol–water partition coefficient (Wildman–Crippen LogP) is 0.911. The van der Waals surface area contributed by atoms with Crippen molar-refractivity contribution in [2.24, 2.45) is 0 Å². The van der Waals surface area contributed by atoms with Crippen molar-refractivity contribution >= 4 is 0 Å². The molecule has 0 unspecified atom stereocenters. The topological polar surface area (TPSA) is 40.7 Å². The molecule has 0 spiro atoms. The van der Waals surface area contributed by atoms with Crippen LogP contribution in [0.1, 0.15) is 19.7 Å². The Bertz CT molecular complexity index is 266. The summed E-state index contributed by atoms with van der Waals surface area (Å²) in [7, 11) is 0. The van der Waals surface area contributed by atoms with Crippen LogP contribution in [-0.4, -0.2) is 15.5 Å². The fourth-order valence-electron chi connectivity index (χ4n) is 0.750. The first-order valence-electron chi connectivity index (χ1n) is 3.85. The standard InChI is InChI=1S/C9H13N3/c1-4-9(2,3)12-7-8-10-5-6-11-8/h1,5-6,12H,7H2,2-3H3,(H,10,11). The van der Waals surface area contributed by atoms with E-state index >= 15 is 0 Å². The average Bonchev–Trinajstić information content (AvgIpc) is 2.53. The molecule has 64 valence electrons. The summed E-state index contributed by atoms with van der Waals surface area (Å²) in [5, 5.41) is 3.18. The minimum atomic E-state index is -0.271. The number of nitrogens with zero attached hydrogens (tertiary/aromatic N) is 1. The van der Waals surface area contributed by atoms with Crippen molar-refractivity contribution in [3.8, 4) is 12.3 Å². The first kappa shape index (κ1) is 8.82. The molecule has 1 aromatic heterocycles. The highest BCUT2D eigenvalue weighted by atomic mass is 15.0. The summed E-state index contributed by atoms with van der Waals surface area (Å²) in [6.45, 7) is 4.58. The van der Waals surface area contributed by atoms with Gasteiger partial charge < -0.3 is 4.98 Å². The number of nitrogens with one attached hydrogen (secondary N) is 2. The third-order valence-corrected chi connectivity index (χ3v) is 1.61. The first-order valence-corrected chi connectivity index (χ1v) is 3.85. The molecule has 1 rings (SSSR count). The lowest BCUT2D eigenvalue weighted by molar-refractivity contribution is 0.483. The molecule has 0 aliphatic heterocycles. The highest BCUT2D eigenvalue weighted by molar-refractivity contribution is 5.07. The van der Waals surface area contributed by atoms with Gasteiger partial charge in [-0.25, -0.2) is 4.98 Å². The summed E-state index contributed by atoms with van der Waals surface area (Å²) >= 11 is 0. The van der Waals surface area contributed by atoms with Gasteiger partial charge in [-0.2, -0.15) is 0 Å². The van der Waals surface area contributed by atoms with Crippen molar-refractivity contribution in [3.05, 3.63) is 18.2 Å². The lowest BCUT2D eigenvalue weighted by Gasteiger charge is -2.18. The van der Waals surface area contributed by atoms with Crippen LogP contribution in [-0.2, 0) is 6.54 Å². The van der Waals surface area contributed by atoms with E-state index in [1.807, 2.05) is 13.8 Å². The molecule has 1 heterocycles. The quantitative estimate of drug-likeness (QED) is 0.650.